The smallest absolute Gasteiger partial charge is 0.255 e. The summed E-state index contributed by atoms with van der Waals surface area (Å²) in [6.45, 7) is 6.41. The summed E-state index contributed by atoms with van der Waals surface area (Å²) in [5, 5.41) is 14.5. The molecule has 0 aliphatic carbocycles. The van der Waals surface area contributed by atoms with E-state index in [1.807, 2.05) is 19.9 Å². The van der Waals surface area contributed by atoms with Crippen LogP contribution in [0.4, 0.5) is 0 Å². The first-order valence-corrected chi connectivity index (χ1v) is 8.69. The SMILES string of the molecule is Cc1oc(C#N)cc1C(=O)NC1CN(C(=O)C2NC(=O)CC2C)CC1C. The van der Waals surface area contributed by atoms with Gasteiger partial charge in [-0.1, -0.05) is 13.8 Å². The number of carbonyl (C=O) groups is 3. The first-order chi connectivity index (χ1) is 12.3. The van der Waals surface area contributed by atoms with Gasteiger partial charge >= 0.3 is 0 Å². The Labute approximate surface area is 151 Å². The van der Waals surface area contributed by atoms with Gasteiger partial charge in [-0.05, 0) is 18.8 Å². The molecule has 4 unspecified atom stereocenters. The highest BCUT2D eigenvalue weighted by atomic mass is 16.3. The minimum atomic E-state index is -0.488. The fourth-order valence-electron chi connectivity index (χ4n) is 3.63. The Kier molecular flexibility index (Phi) is 4.72. The van der Waals surface area contributed by atoms with E-state index in [9.17, 15) is 14.4 Å². The molecule has 2 N–H and O–H groups in total. The van der Waals surface area contributed by atoms with Crippen molar-refractivity contribution in [1.29, 1.82) is 5.26 Å². The summed E-state index contributed by atoms with van der Waals surface area (Å²) in [7, 11) is 0. The van der Waals surface area contributed by atoms with Crippen LogP contribution in [0.25, 0.3) is 0 Å². The van der Waals surface area contributed by atoms with Crippen molar-refractivity contribution in [1.82, 2.24) is 15.5 Å². The Morgan fingerprint density at radius 2 is 2.08 bits per heavy atom. The third kappa shape index (κ3) is 3.29. The standard InChI is InChI=1S/C18H22N4O4/c1-9-4-15(23)21-16(9)18(25)22-7-10(2)14(8-22)20-17(24)13-5-12(6-19)26-11(13)3/h5,9-10,14,16H,4,7-8H2,1-3H3,(H,20,24)(H,21,23). The topological polar surface area (TPSA) is 115 Å². The number of nitrogens with zero attached hydrogens (tertiary/aromatic N) is 2. The molecule has 2 aliphatic heterocycles. The Hall–Kier alpha value is -2.82. The highest BCUT2D eigenvalue weighted by Crippen LogP contribution is 2.23. The van der Waals surface area contributed by atoms with Crippen molar-refractivity contribution in [3.63, 3.8) is 0 Å². The maximum atomic E-state index is 12.7. The van der Waals surface area contributed by atoms with Gasteiger partial charge in [0.2, 0.25) is 17.6 Å². The second-order valence-corrected chi connectivity index (χ2v) is 7.22. The summed E-state index contributed by atoms with van der Waals surface area (Å²) in [5.41, 5.74) is 0.329. The molecule has 8 heteroatoms. The van der Waals surface area contributed by atoms with E-state index in [1.54, 1.807) is 11.8 Å². The predicted octanol–water partition coefficient (Wildman–Crippen LogP) is 0.561. The molecule has 3 heterocycles. The van der Waals surface area contributed by atoms with Crippen LogP contribution in [0.5, 0.6) is 0 Å². The van der Waals surface area contributed by atoms with Gasteiger partial charge in [0.25, 0.3) is 5.91 Å². The van der Waals surface area contributed by atoms with Crippen LogP contribution in [-0.2, 0) is 9.59 Å². The van der Waals surface area contributed by atoms with Crippen molar-refractivity contribution < 1.29 is 18.8 Å². The number of likely N-dealkylation sites (tertiary alicyclic amines) is 1. The molecule has 2 fully saturated rings. The van der Waals surface area contributed by atoms with Crippen molar-refractivity contribution in [3.05, 3.63) is 23.2 Å². The van der Waals surface area contributed by atoms with E-state index >= 15 is 0 Å². The number of furan rings is 1. The van der Waals surface area contributed by atoms with Crippen LogP contribution in [0.2, 0.25) is 0 Å². The maximum absolute atomic E-state index is 12.7. The molecule has 8 nitrogen and oxygen atoms in total. The van der Waals surface area contributed by atoms with Crippen LogP contribution >= 0.6 is 0 Å². The van der Waals surface area contributed by atoms with Gasteiger partial charge in [0.15, 0.2) is 0 Å². The first-order valence-electron chi connectivity index (χ1n) is 8.69. The lowest BCUT2D eigenvalue weighted by Crippen LogP contribution is -2.47. The van der Waals surface area contributed by atoms with Crippen LogP contribution in [0, 0.1) is 30.1 Å². The average Bonchev–Trinajstić information content (AvgIpc) is 3.24. The minimum absolute atomic E-state index is 0.0306. The van der Waals surface area contributed by atoms with E-state index < -0.39 is 6.04 Å². The highest BCUT2D eigenvalue weighted by Gasteiger charge is 2.41. The van der Waals surface area contributed by atoms with Crippen LogP contribution in [0.1, 0.15) is 42.1 Å². The lowest BCUT2D eigenvalue weighted by atomic mass is 10.0. The molecule has 4 atom stereocenters. The molecule has 26 heavy (non-hydrogen) atoms. The molecule has 2 aliphatic rings. The molecule has 1 aromatic heterocycles. The van der Waals surface area contributed by atoms with Gasteiger partial charge in [0, 0.05) is 25.6 Å². The molecular weight excluding hydrogens is 336 g/mol. The lowest BCUT2D eigenvalue weighted by Gasteiger charge is -2.23. The van der Waals surface area contributed by atoms with Gasteiger partial charge in [0.1, 0.15) is 17.9 Å². The molecule has 0 aromatic carbocycles. The van der Waals surface area contributed by atoms with Crippen molar-refractivity contribution in [2.75, 3.05) is 13.1 Å². The highest BCUT2D eigenvalue weighted by molar-refractivity contribution is 5.96. The fraction of sp³-hybridized carbons (Fsp3) is 0.556. The van der Waals surface area contributed by atoms with Crippen LogP contribution in [0.3, 0.4) is 0 Å². The summed E-state index contributed by atoms with van der Waals surface area (Å²) < 4.78 is 5.20. The molecule has 2 saturated heterocycles. The molecule has 3 rings (SSSR count). The van der Waals surface area contributed by atoms with Gasteiger partial charge in [-0.15, -0.1) is 0 Å². The molecule has 138 valence electrons. The largest absolute Gasteiger partial charge is 0.450 e. The van der Waals surface area contributed by atoms with Crippen LogP contribution in [-0.4, -0.2) is 47.8 Å². The van der Waals surface area contributed by atoms with Crippen molar-refractivity contribution >= 4 is 17.7 Å². The summed E-state index contributed by atoms with van der Waals surface area (Å²) >= 11 is 0. The normalized spacial score (nSPS) is 27.9. The summed E-state index contributed by atoms with van der Waals surface area (Å²) in [6.07, 6.45) is 0.362. The number of carbonyl (C=O) groups excluding carboxylic acids is 3. The fourth-order valence-corrected chi connectivity index (χ4v) is 3.63. The third-order valence-corrected chi connectivity index (χ3v) is 5.17. The molecule has 0 spiro atoms. The quantitative estimate of drug-likeness (QED) is 0.819. The number of nitrogens with one attached hydrogen (secondary N) is 2. The zero-order valence-corrected chi connectivity index (χ0v) is 15.0. The number of rotatable bonds is 3. The van der Waals surface area contributed by atoms with E-state index in [-0.39, 0.29) is 41.4 Å². The van der Waals surface area contributed by atoms with Gasteiger partial charge in [0.05, 0.1) is 11.6 Å². The van der Waals surface area contributed by atoms with E-state index in [0.29, 0.717) is 30.8 Å². The number of hydrogen-bond donors (Lipinski definition) is 2. The van der Waals surface area contributed by atoms with E-state index in [1.165, 1.54) is 6.07 Å². The van der Waals surface area contributed by atoms with Gasteiger partial charge in [-0.25, -0.2) is 0 Å². The molecule has 1 aromatic rings. The van der Waals surface area contributed by atoms with Crippen LogP contribution in [0.15, 0.2) is 10.5 Å². The van der Waals surface area contributed by atoms with Gasteiger partial charge in [-0.3, -0.25) is 14.4 Å². The number of hydrogen-bond acceptors (Lipinski definition) is 5. The molecule has 0 saturated carbocycles. The summed E-state index contributed by atoms with van der Waals surface area (Å²) in [5.74, 6) is 0.0150. The summed E-state index contributed by atoms with van der Waals surface area (Å²) in [6, 6.07) is 2.61. The molecule has 0 bridgehead atoms. The molecule has 0 radical (unpaired) electrons. The first kappa shape index (κ1) is 18.0. The number of aryl methyl sites for hydroxylation is 1. The predicted molar refractivity (Wildman–Crippen MR) is 90.9 cm³/mol. The number of nitriles is 1. The van der Waals surface area contributed by atoms with E-state index in [4.69, 9.17) is 9.68 Å². The van der Waals surface area contributed by atoms with Crippen molar-refractivity contribution in [3.8, 4) is 6.07 Å². The van der Waals surface area contributed by atoms with E-state index in [2.05, 4.69) is 10.6 Å². The second kappa shape index (κ2) is 6.83. The Bertz CT molecular complexity index is 794. The average molecular weight is 358 g/mol. The molecule has 3 amide bonds. The third-order valence-electron chi connectivity index (χ3n) is 5.17. The minimum Gasteiger partial charge on any atom is -0.450 e. The second-order valence-electron chi connectivity index (χ2n) is 7.22. The monoisotopic (exact) mass is 358 g/mol. The van der Waals surface area contributed by atoms with Gasteiger partial charge < -0.3 is 20.0 Å². The zero-order valence-electron chi connectivity index (χ0n) is 15.0. The van der Waals surface area contributed by atoms with Crippen LogP contribution < -0.4 is 10.6 Å². The Balaban J connectivity index is 1.64. The lowest BCUT2D eigenvalue weighted by molar-refractivity contribution is -0.134. The van der Waals surface area contributed by atoms with Crippen molar-refractivity contribution in [2.24, 2.45) is 11.8 Å². The zero-order chi connectivity index (χ0) is 19.0. The van der Waals surface area contributed by atoms with Crippen molar-refractivity contribution in [2.45, 2.75) is 39.3 Å². The van der Waals surface area contributed by atoms with E-state index in [0.717, 1.165) is 0 Å². The number of amides is 3. The Morgan fingerprint density at radius 1 is 1.35 bits per heavy atom. The molecular formula is C18H22N4O4. The van der Waals surface area contributed by atoms with Gasteiger partial charge in [-0.2, -0.15) is 5.26 Å². The Morgan fingerprint density at radius 3 is 2.65 bits per heavy atom. The maximum Gasteiger partial charge on any atom is 0.255 e. The summed E-state index contributed by atoms with van der Waals surface area (Å²) in [4.78, 5) is 38.4.